The minimum absolute atomic E-state index is 0.187. The minimum atomic E-state index is -0.494. The molecule has 0 fully saturated rings. The summed E-state index contributed by atoms with van der Waals surface area (Å²) in [5.41, 5.74) is 6.99. The quantitative estimate of drug-likeness (QED) is 0.408. The fraction of sp³-hybridized carbons (Fsp3) is 0.292. The summed E-state index contributed by atoms with van der Waals surface area (Å²) < 4.78 is 7.60. The van der Waals surface area contributed by atoms with Crippen molar-refractivity contribution in [2.75, 3.05) is 5.32 Å². The Kier molecular flexibility index (Phi) is 5.78. The van der Waals surface area contributed by atoms with Gasteiger partial charge in [0.05, 0.1) is 21.6 Å². The van der Waals surface area contributed by atoms with Crippen LogP contribution in [-0.2, 0) is 17.9 Å². The Morgan fingerprint density at radius 3 is 2.65 bits per heavy atom. The van der Waals surface area contributed by atoms with E-state index in [1.165, 1.54) is 11.1 Å². The summed E-state index contributed by atoms with van der Waals surface area (Å²) in [4.78, 5) is 22.5. The third-order valence-corrected chi connectivity index (χ3v) is 6.51. The number of carbonyl (C=O) groups excluding carboxylic acids is 1. The van der Waals surface area contributed by atoms with Crippen molar-refractivity contribution in [1.82, 2.24) is 14.5 Å². The van der Waals surface area contributed by atoms with Crippen LogP contribution in [0, 0.1) is 27.7 Å². The van der Waals surface area contributed by atoms with E-state index in [2.05, 4.69) is 58.8 Å². The third-order valence-electron chi connectivity index (χ3n) is 5.34. The zero-order valence-corrected chi connectivity index (χ0v) is 19.3. The molecule has 0 aliphatic carbocycles. The Hall–Kier alpha value is -3.19. The van der Waals surface area contributed by atoms with Crippen LogP contribution < -0.4 is 5.32 Å². The Morgan fingerprint density at radius 1 is 1.10 bits per heavy atom. The summed E-state index contributed by atoms with van der Waals surface area (Å²) in [6.07, 6.45) is -0.494. The van der Waals surface area contributed by atoms with Gasteiger partial charge in [0.2, 0.25) is 0 Å². The highest BCUT2D eigenvalue weighted by molar-refractivity contribution is 7.15. The van der Waals surface area contributed by atoms with Gasteiger partial charge in [-0.15, -0.1) is 11.3 Å². The van der Waals surface area contributed by atoms with Gasteiger partial charge in [0.1, 0.15) is 17.4 Å². The van der Waals surface area contributed by atoms with Gasteiger partial charge in [-0.25, -0.2) is 14.8 Å². The lowest BCUT2D eigenvalue weighted by atomic mass is 10.1. The first kappa shape index (κ1) is 21.1. The fourth-order valence-corrected chi connectivity index (χ4v) is 4.81. The van der Waals surface area contributed by atoms with Crippen molar-refractivity contribution < 1.29 is 9.53 Å². The molecule has 2 aromatic heterocycles. The van der Waals surface area contributed by atoms with Crippen molar-refractivity contribution in [2.24, 2.45) is 0 Å². The van der Waals surface area contributed by atoms with Crippen LogP contribution in [-0.4, -0.2) is 20.6 Å². The van der Waals surface area contributed by atoms with Crippen LogP contribution in [0.5, 0.6) is 0 Å². The van der Waals surface area contributed by atoms with E-state index in [1.807, 2.05) is 32.0 Å². The summed E-state index contributed by atoms with van der Waals surface area (Å²) in [6.45, 7) is 11.2. The van der Waals surface area contributed by atoms with E-state index >= 15 is 0 Å². The number of nitrogens with zero attached hydrogens (tertiary/aromatic N) is 3. The van der Waals surface area contributed by atoms with Crippen LogP contribution in [0.4, 0.5) is 10.5 Å². The van der Waals surface area contributed by atoms with Gasteiger partial charge in [0.25, 0.3) is 0 Å². The molecule has 6 nitrogen and oxygen atoms in total. The van der Waals surface area contributed by atoms with Gasteiger partial charge in [-0.05, 0) is 58.4 Å². The SMILES string of the molecule is CCn1c(C)nc2cc(NC(=O)OCc3sc(-c4ccc(C)cc4C)nc3C)ccc21. The van der Waals surface area contributed by atoms with Crippen molar-refractivity contribution in [3.05, 3.63) is 63.9 Å². The maximum absolute atomic E-state index is 12.4. The molecule has 0 radical (unpaired) electrons. The maximum Gasteiger partial charge on any atom is 0.411 e. The molecule has 31 heavy (non-hydrogen) atoms. The second-order valence-electron chi connectivity index (χ2n) is 7.65. The molecule has 0 atom stereocenters. The number of thiazole rings is 1. The number of aryl methyl sites for hydroxylation is 5. The Labute approximate surface area is 185 Å². The predicted molar refractivity (Wildman–Crippen MR) is 126 cm³/mol. The van der Waals surface area contributed by atoms with Crippen molar-refractivity contribution >= 4 is 34.2 Å². The molecular formula is C24H26N4O2S. The lowest BCUT2D eigenvalue weighted by Crippen LogP contribution is -2.13. The zero-order valence-electron chi connectivity index (χ0n) is 18.4. The second-order valence-corrected chi connectivity index (χ2v) is 8.74. The van der Waals surface area contributed by atoms with Crippen LogP contribution in [0.2, 0.25) is 0 Å². The third kappa shape index (κ3) is 4.32. The summed E-state index contributed by atoms with van der Waals surface area (Å²) in [5, 5.41) is 3.74. The average molecular weight is 435 g/mol. The largest absolute Gasteiger partial charge is 0.444 e. The molecular weight excluding hydrogens is 408 g/mol. The Bertz CT molecular complexity index is 1270. The number of ether oxygens (including phenoxy) is 1. The van der Waals surface area contributed by atoms with Crippen LogP contribution in [0.1, 0.15) is 34.4 Å². The summed E-state index contributed by atoms with van der Waals surface area (Å²) in [7, 11) is 0. The molecule has 0 spiro atoms. The van der Waals surface area contributed by atoms with Crippen molar-refractivity contribution in [3.8, 4) is 10.6 Å². The molecule has 0 bridgehead atoms. The summed E-state index contributed by atoms with van der Waals surface area (Å²) in [6, 6.07) is 12.0. The number of hydrogen-bond acceptors (Lipinski definition) is 5. The van der Waals surface area contributed by atoms with Gasteiger partial charge < -0.3 is 9.30 Å². The van der Waals surface area contributed by atoms with E-state index in [9.17, 15) is 4.79 Å². The van der Waals surface area contributed by atoms with Gasteiger partial charge in [0.15, 0.2) is 0 Å². The van der Waals surface area contributed by atoms with Crippen LogP contribution in [0.15, 0.2) is 36.4 Å². The Balaban J connectivity index is 1.43. The maximum atomic E-state index is 12.4. The van der Waals surface area contributed by atoms with E-state index in [1.54, 1.807) is 11.3 Å². The summed E-state index contributed by atoms with van der Waals surface area (Å²) >= 11 is 1.56. The minimum Gasteiger partial charge on any atom is -0.444 e. The van der Waals surface area contributed by atoms with Crippen molar-refractivity contribution in [2.45, 2.75) is 47.8 Å². The average Bonchev–Trinajstić information content (AvgIpc) is 3.24. The second kappa shape index (κ2) is 8.51. The van der Waals surface area contributed by atoms with E-state index < -0.39 is 6.09 Å². The highest BCUT2D eigenvalue weighted by atomic mass is 32.1. The number of aromatic nitrogens is 3. The number of nitrogens with one attached hydrogen (secondary N) is 1. The molecule has 0 saturated heterocycles. The number of anilines is 1. The molecule has 0 aliphatic rings. The number of carbonyl (C=O) groups is 1. The summed E-state index contributed by atoms with van der Waals surface area (Å²) in [5.74, 6) is 0.956. The Morgan fingerprint density at radius 2 is 1.90 bits per heavy atom. The molecule has 4 aromatic rings. The van der Waals surface area contributed by atoms with Crippen LogP contribution >= 0.6 is 11.3 Å². The van der Waals surface area contributed by atoms with Gasteiger partial charge >= 0.3 is 6.09 Å². The number of amides is 1. The molecule has 1 N–H and O–H groups in total. The molecule has 0 unspecified atom stereocenters. The number of imidazole rings is 1. The first-order chi connectivity index (χ1) is 14.9. The van der Waals surface area contributed by atoms with Gasteiger partial charge in [-0.2, -0.15) is 0 Å². The van der Waals surface area contributed by atoms with E-state index in [0.717, 1.165) is 44.5 Å². The number of fused-ring (bicyclic) bond motifs is 1. The molecule has 4 rings (SSSR count). The predicted octanol–water partition coefficient (Wildman–Crippen LogP) is 6.16. The highest BCUT2D eigenvalue weighted by Gasteiger charge is 2.14. The normalized spacial score (nSPS) is 11.1. The number of hydrogen-bond donors (Lipinski definition) is 1. The topological polar surface area (TPSA) is 69.0 Å². The highest BCUT2D eigenvalue weighted by Crippen LogP contribution is 2.31. The van der Waals surface area contributed by atoms with Crippen molar-refractivity contribution in [3.63, 3.8) is 0 Å². The molecule has 2 heterocycles. The molecule has 0 aliphatic heterocycles. The van der Waals surface area contributed by atoms with Gasteiger partial charge in [-0.3, -0.25) is 5.32 Å². The zero-order chi connectivity index (χ0) is 22.1. The molecule has 0 saturated carbocycles. The fourth-order valence-electron chi connectivity index (χ4n) is 3.74. The van der Waals surface area contributed by atoms with E-state index in [0.29, 0.717) is 5.69 Å². The van der Waals surface area contributed by atoms with Crippen molar-refractivity contribution in [1.29, 1.82) is 0 Å². The molecule has 1 amide bonds. The van der Waals surface area contributed by atoms with Gasteiger partial charge in [-0.1, -0.05) is 23.8 Å². The molecule has 2 aromatic carbocycles. The first-order valence-electron chi connectivity index (χ1n) is 10.3. The first-order valence-corrected chi connectivity index (χ1v) is 11.1. The van der Waals surface area contributed by atoms with E-state index in [-0.39, 0.29) is 6.61 Å². The lowest BCUT2D eigenvalue weighted by Gasteiger charge is -2.07. The van der Waals surface area contributed by atoms with Crippen LogP contribution in [0.3, 0.4) is 0 Å². The van der Waals surface area contributed by atoms with E-state index in [4.69, 9.17) is 4.74 Å². The molecule has 7 heteroatoms. The monoisotopic (exact) mass is 434 g/mol. The van der Waals surface area contributed by atoms with Gasteiger partial charge in [0, 0.05) is 17.8 Å². The number of benzene rings is 2. The molecule has 160 valence electrons. The lowest BCUT2D eigenvalue weighted by molar-refractivity contribution is 0.156. The standard InChI is InChI=1S/C24H26N4O2S/c1-6-28-17(5)26-20-12-18(8-10-21(20)28)27-24(29)30-13-22-16(4)25-23(31-22)19-9-7-14(2)11-15(19)3/h7-12H,6,13H2,1-5H3,(H,27,29). The smallest absolute Gasteiger partial charge is 0.411 e. The number of rotatable bonds is 5. The van der Waals surface area contributed by atoms with Crippen LogP contribution in [0.25, 0.3) is 21.6 Å².